The molecule has 0 aliphatic heterocycles. The van der Waals surface area contributed by atoms with Gasteiger partial charge in [0.1, 0.15) is 0 Å². The molecule has 0 aliphatic rings. The summed E-state index contributed by atoms with van der Waals surface area (Å²) in [6.45, 7) is 0. The van der Waals surface area contributed by atoms with Gasteiger partial charge < -0.3 is 0 Å². The zero-order valence-electron chi connectivity index (χ0n) is 57.1. The zero-order chi connectivity index (χ0) is 68.6. The Morgan fingerprint density at radius 1 is 0.0962 bits per heavy atom. The fourth-order valence-electron chi connectivity index (χ4n) is 17.1. The average Bonchev–Trinajstić information content (AvgIpc) is 0.743. The Morgan fingerprint density at radius 2 is 0.375 bits per heavy atom. The normalized spacial score (nSPS) is 11.7. The highest BCUT2D eigenvalue weighted by molar-refractivity contribution is 6.27. The van der Waals surface area contributed by atoms with Gasteiger partial charge in [-0.25, -0.2) is 0 Å². The maximum absolute atomic E-state index is 2.40. The summed E-state index contributed by atoms with van der Waals surface area (Å²) in [5.74, 6) is 0. The van der Waals surface area contributed by atoms with Crippen molar-refractivity contribution in [1.82, 2.24) is 0 Å². The van der Waals surface area contributed by atoms with Crippen LogP contribution >= 0.6 is 0 Å². The Bertz CT molecular complexity index is 6870. The van der Waals surface area contributed by atoms with E-state index < -0.39 is 0 Å². The lowest BCUT2D eigenvalue weighted by molar-refractivity contribution is 1.61. The molecule has 482 valence electrons. The van der Waals surface area contributed by atoms with E-state index in [0.29, 0.717) is 0 Å². The van der Waals surface area contributed by atoms with Gasteiger partial charge in [-0.05, 0) is 244 Å². The highest BCUT2D eigenvalue weighted by Gasteiger charge is 2.22. The minimum absolute atomic E-state index is 1.22. The monoisotopic (exact) mass is 1310 g/mol. The van der Waals surface area contributed by atoms with Crippen LogP contribution in [0.5, 0.6) is 0 Å². The van der Waals surface area contributed by atoms with Crippen LogP contribution in [-0.2, 0) is 0 Å². The first-order chi connectivity index (χ1) is 51.6. The van der Waals surface area contributed by atoms with Crippen LogP contribution in [0.15, 0.2) is 400 Å². The van der Waals surface area contributed by atoms with Crippen molar-refractivity contribution in [3.05, 3.63) is 400 Å². The molecule has 21 aromatic carbocycles. The quantitative estimate of drug-likeness (QED) is 0.105. The fourth-order valence-corrected chi connectivity index (χ4v) is 17.1. The number of benzene rings is 21. The van der Waals surface area contributed by atoms with Crippen LogP contribution in [0, 0.1) is 0 Å². The van der Waals surface area contributed by atoms with Gasteiger partial charge in [0.05, 0.1) is 0 Å². The molecule has 0 N–H and O–H groups in total. The summed E-state index contributed by atoms with van der Waals surface area (Å²) >= 11 is 0. The number of hydrogen-bond donors (Lipinski definition) is 0. The second-order valence-corrected chi connectivity index (χ2v) is 27.6. The Kier molecular flexibility index (Phi) is 14.7. The number of rotatable bonds is 8. The molecule has 0 nitrogen and oxygen atoms in total. The van der Waals surface area contributed by atoms with Crippen LogP contribution in [0.3, 0.4) is 0 Å². The molecular weight excluding hydrogens is 1250 g/mol. The summed E-state index contributed by atoms with van der Waals surface area (Å²) in [4.78, 5) is 0. The van der Waals surface area contributed by atoms with Gasteiger partial charge in [-0.1, -0.05) is 364 Å². The lowest BCUT2D eigenvalue weighted by Crippen LogP contribution is -1.92. The summed E-state index contributed by atoms with van der Waals surface area (Å²) in [6, 6.07) is 147. The van der Waals surface area contributed by atoms with E-state index in [2.05, 4.69) is 400 Å². The minimum atomic E-state index is 1.22. The van der Waals surface area contributed by atoms with Gasteiger partial charge in [-0.15, -0.1) is 0 Å². The van der Waals surface area contributed by atoms with Crippen molar-refractivity contribution in [3.63, 3.8) is 0 Å². The lowest BCUT2D eigenvalue weighted by atomic mass is 9.83. The summed E-state index contributed by atoms with van der Waals surface area (Å²) in [5, 5.41) is 28.0. The van der Waals surface area contributed by atoms with Crippen molar-refractivity contribution in [2.24, 2.45) is 0 Å². The average molecular weight is 1320 g/mol. The van der Waals surface area contributed by atoms with Crippen LogP contribution < -0.4 is 0 Å². The molecule has 0 saturated carbocycles. The third-order valence-electron chi connectivity index (χ3n) is 21.8. The Balaban J connectivity index is 0.000000139. The third kappa shape index (κ3) is 10.2. The second kappa shape index (κ2) is 25.3. The largest absolute Gasteiger partial charge is 0.0622 e. The first kappa shape index (κ1) is 60.4. The SMILES string of the molecule is c1ccc(-c2ccccc2-c2c3ccccc3c(-c3ccc4ccc(-c5cc6ccccc6c6ccccc56)cc4c3)c3ccccc23)cc1.c1ccc(-c2ccccc2-c2c3ccccc3c(-c3ccc4ccc(-c5ccc6c7ccccc7c7ccccc7c6c5)cc4c3)c3ccccc23)cc1. The van der Waals surface area contributed by atoms with Crippen molar-refractivity contribution < 1.29 is 0 Å². The molecule has 0 spiro atoms. The van der Waals surface area contributed by atoms with E-state index in [1.54, 1.807) is 0 Å². The molecule has 0 amide bonds. The van der Waals surface area contributed by atoms with Gasteiger partial charge in [-0.2, -0.15) is 0 Å². The van der Waals surface area contributed by atoms with Crippen molar-refractivity contribution in [2.75, 3.05) is 0 Å². The molecule has 0 aromatic heterocycles. The predicted octanol–water partition coefficient (Wildman–Crippen LogP) is 29.4. The van der Waals surface area contributed by atoms with E-state index in [1.165, 1.54) is 208 Å². The standard InChI is InChI=1S/C54H34.C50H32/c1-2-14-36(15-3-1)41-16-4-9-21-47(41)54-50-24-12-10-22-48(50)53(49-23-11-13-25-51(49)54)39-29-27-35-26-28-37(32-40(35)33-39)38-30-31-46-44-19-6-5-17-42(44)43-18-7-8-20-45(43)52(46)34-38;1-2-14-34(15-3-1)39-17-6-9-21-43(39)50-46-24-12-10-22-44(46)49(45-23-11-13-25-47(45)50)37-29-27-33-26-28-36(30-38(33)31-37)48-32-35-16-4-5-18-40(35)41-19-7-8-20-42(41)48/h1-34H;1-32H. The van der Waals surface area contributed by atoms with Gasteiger partial charge in [0.25, 0.3) is 0 Å². The van der Waals surface area contributed by atoms with E-state index in [-0.39, 0.29) is 0 Å². The smallest absolute Gasteiger partial charge is 0.00201 e. The third-order valence-corrected chi connectivity index (χ3v) is 21.8. The van der Waals surface area contributed by atoms with E-state index >= 15 is 0 Å². The molecule has 0 bridgehead atoms. The molecule has 0 fully saturated rings. The molecule has 0 heteroatoms. The van der Waals surface area contributed by atoms with E-state index in [9.17, 15) is 0 Å². The Labute approximate surface area is 603 Å². The molecule has 21 rings (SSSR count). The molecule has 0 radical (unpaired) electrons. The van der Waals surface area contributed by atoms with E-state index in [4.69, 9.17) is 0 Å². The fraction of sp³-hybridized carbons (Fsp3) is 0. The van der Waals surface area contributed by atoms with Crippen LogP contribution in [0.1, 0.15) is 0 Å². The molecular formula is C104H66. The van der Waals surface area contributed by atoms with Gasteiger partial charge >= 0.3 is 0 Å². The summed E-state index contributed by atoms with van der Waals surface area (Å²) in [5.41, 5.74) is 20.0. The topological polar surface area (TPSA) is 0 Å². The van der Waals surface area contributed by atoms with Crippen molar-refractivity contribution in [2.45, 2.75) is 0 Å². The highest BCUT2D eigenvalue weighted by atomic mass is 14.3. The van der Waals surface area contributed by atoms with Crippen LogP contribution in [0.25, 0.3) is 208 Å². The highest BCUT2D eigenvalue weighted by Crippen LogP contribution is 2.50. The Morgan fingerprint density at radius 3 is 0.817 bits per heavy atom. The lowest BCUT2D eigenvalue weighted by Gasteiger charge is -2.20. The second-order valence-electron chi connectivity index (χ2n) is 27.6. The summed E-state index contributed by atoms with van der Waals surface area (Å²) < 4.78 is 0. The molecule has 0 atom stereocenters. The first-order valence-corrected chi connectivity index (χ1v) is 36.1. The van der Waals surface area contributed by atoms with Crippen LogP contribution in [0.4, 0.5) is 0 Å². The van der Waals surface area contributed by atoms with Gasteiger partial charge in [0.15, 0.2) is 0 Å². The van der Waals surface area contributed by atoms with Crippen molar-refractivity contribution in [1.29, 1.82) is 0 Å². The molecule has 0 saturated heterocycles. The van der Waals surface area contributed by atoms with Crippen LogP contribution in [-0.4, -0.2) is 0 Å². The molecule has 0 heterocycles. The van der Waals surface area contributed by atoms with E-state index in [0.717, 1.165) is 0 Å². The molecule has 21 aromatic rings. The number of fused-ring (bicyclic) bond motifs is 15. The van der Waals surface area contributed by atoms with Crippen molar-refractivity contribution >= 4 is 118 Å². The summed E-state index contributed by atoms with van der Waals surface area (Å²) in [6.07, 6.45) is 0. The van der Waals surface area contributed by atoms with E-state index in [1.807, 2.05) is 0 Å². The molecule has 0 unspecified atom stereocenters. The Hall–Kier alpha value is -13.5. The summed E-state index contributed by atoms with van der Waals surface area (Å²) in [7, 11) is 0. The number of hydrogen-bond acceptors (Lipinski definition) is 0. The first-order valence-electron chi connectivity index (χ1n) is 36.1. The van der Waals surface area contributed by atoms with Gasteiger partial charge in [0.2, 0.25) is 0 Å². The van der Waals surface area contributed by atoms with Gasteiger partial charge in [0, 0.05) is 0 Å². The van der Waals surface area contributed by atoms with Crippen LogP contribution in [0.2, 0.25) is 0 Å². The maximum Gasteiger partial charge on any atom is -0.00201 e. The molecule has 0 aliphatic carbocycles. The molecule has 104 heavy (non-hydrogen) atoms. The zero-order valence-corrected chi connectivity index (χ0v) is 57.1. The maximum atomic E-state index is 2.40. The van der Waals surface area contributed by atoms with Gasteiger partial charge in [-0.3, -0.25) is 0 Å². The van der Waals surface area contributed by atoms with Crippen molar-refractivity contribution in [3.8, 4) is 89.0 Å². The predicted molar refractivity (Wildman–Crippen MR) is 449 cm³/mol. The minimum Gasteiger partial charge on any atom is -0.0622 e.